The van der Waals surface area contributed by atoms with Crippen LogP contribution in [0.15, 0.2) is 41.3 Å². The maximum atomic E-state index is 12.5. The van der Waals surface area contributed by atoms with E-state index in [9.17, 15) is 18.4 Å². The highest BCUT2D eigenvalue weighted by Gasteiger charge is 2.25. The van der Waals surface area contributed by atoms with Crippen LogP contribution < -0.4 is 15.9 Å². The third-order valence-corrected chi connectivity index (χ3v) is 4.71. The maximum absolute atomic E-state index is 12.5. The van der Waals surface area contributed by atoms with E-state index < -0.39 is 17.5 Å². The van der Waals surface area contributed by atoms with Crippen LogP contribution in [0, 0.1) is 11.6 Å². The molecule has 1 aromatic carbocycles. The number of carbonyl (C=O) groups is 1. The number of ether oxygens (including phenoxy) is 2. The lowest BCUT2D eigenvalue weighted by Gasteiger charge is -2.12. The minimum absolute atomic E-state index is 0.00370. The molecule has 32 heavy (non-hydrogen) atoms. The number of hydrogen-bond donors (Lipinski definition) is 3. The number of nitrogens with zero attached hydrogens (tertiary/aromatic N) is 1. The van der Waals surface area contributed by atoms with Gasteiger partial charge in [-0.2, -0.15) is 4.39 Å². The van der Waals surface area contributed by atoms with Gasteiger partial charge in [0.1, 0.15) is 5.69 Å². The smallest absolute Gasteiger partial charge is 0.268 e. The molecule has 10 heteroatoms. The van der Waals surface area contributed by atoms with E-state index >= 15 is 0 Å². The summed E-state index contributed by atoms with van der Waals surface area (Å²) in [5.74, 6) is -2.61. The van der Waals surface area contributed by atoms with Gasteiger partial charge in [-0.3, -0.25) is 14.6 Å². The number of nitrogens with one attached hydrogen (secondary N) is 1. The van der Waals surface area contributed by atoms with Crippen LogP contribution in [0.25, 0.3) is 10.9 Å². The molecule has 0 radical (unpaired) electrons. The fourth-order valence-electron chi connectivity index (χ4n) is 3.25. The minimum Gasteiger partial charge on any atom is -0.494 e. The van der Waals surface area contributed by atoms with Gasteiger partial charge in [0.2, 0.25) is 5.82 Å². The highest BCUT2D eigenvalue weighted by atomic mass is 19.2. The van der Waals surface area contributed by atoms with Crippen molar-refractivity contribution in [2.24, 2.45) is 5.73 Å². The summed E-state index contributed by atoms with van der Waals surface area (Å²) in [6.07, 6.45) is 3.38. The Morgan fingerprint density at radius 2 is 2.00 bits per heavy atom. The summed E-state index contributed by atoms with van der Waals surface area (Å²) in [5, 5.41) is 7.23. The van der Waals surface area contributed by atoms with Crippen LogP contribution in [-0.2, 0) is 4.74 Å². The zero-order chi connectivity index (χ0) is 23.8. The van der Waals surface area contributed by atoms with Gasteiger partial charge in [0.15, 0.2) is 17.0 Å². The van der Waals surface area contributed by atoms with E-state index in [0.717, 1.165) is 31.7 Å². The number of benzene rings is 1. The molecule has 3 aromatic rings. The molecule has 1 fully saturated rings. The van der Waals surface area contributed by atoms with E-state index in [1.54, 1.807) is 6.07 Å². The number of carbonyl (C=O) groups excluding carboxylic acids is 1. The van der Waals surface area contributed by atoms with Crippen LogP contribution in [0.2, 0.25) is 0 Å². The fraction of sp³-hybridized carbons (Fsp3) is 0.318. The zero-order valence-electron chi connectivity index (χ0n) is 17.9. The summed E-state index contributed by atoms with van der Waals surface area (Å²) in [6.45, 7) is 2.01. The second-order valence-corrected chi connectivity index (χ2v) is 6.80. The van der Waals surface area contributed by atoms with E-state index in [1.807, 2.05) is 6.92 Å². The van der Waals surface area contributed by atoms with E-state index in [1.165, 1.54) is 31.5 Å². The Bertz CT molecular complexity index is 1140. The third-order valence-electron chi connectivity index (χ3n) is 4.71. The molecular formula is C22H25F2N3O5. The molecule has 0 aliphatic carbocycles. The molecule has 4 N–H and O–H groups in total. The predicted molar refractivity (Wildman–Crippen MR) is 114 cm³/mol. The number of nitrogens with two attached hydrogens (primary N) is 1. The molecule has 1 saturated heterocycles. The Kier molecular flexibility index (Phi) is 8.80. The van der Waals surface area contributed by atoms with Gasteiger partial charge in [0.05, 0.1) is 30.2 Å². The van der Waals surface area contributed by atoms with Crippen molar-refractivity contribution < 1.29 is 28.2 Å². The lowest BCUT2D eigenvalue weighted by Crippen LogP contribution is -2.18. The molecule has 4 rings (SSSR count). The zero-order valence-corrected chi connectivity index (χ0v) is 17.9. The normalized spacial score (nSPS) is 17.1. The van der Waals surface area contributed by atoms with Crippen molar-refractivity contribution in [3.63, 3.8) is 0 Å². The number of fused-ring (bicyclic) bond motifs is 1. The van der Waals surface area contributed by atoms with Gasteiger partial charge in [-0.15, -0.1) is 0 Å². The van der Waals surface area contributed by atoms with Crippen LogP contribution in [-0.4, -0.2) is 41.3 Å². The SMILES string of the molecule is CC1CCC(c2cc(=O)c3c(C(N)=O)nccc3[nH]2)O1.CO.COc1cccc(F)c1F. The van der Waals surface area contributed by atoms with Crippen molar-refractivity contribution in [3.8, 4) is 5.75 Å². The van der Waals surface area contributed by atoms with E-state index in [0.29, 0.717) is 5.52 Å². The molecule has 0 bridgehead atoms. The Hall–Kier alpha value is -3.37. The van der Waals surface area contributed by atoms with Crippen LogP contribution in [0.1, 0.15) is 42.1 Å². The van der Waals surface area contributed by atoms with Crippen molar-refractivity contribution in [3.05, 3.63) is 69.8 Å². The van der Waals surface area contributed by atoms with Crippen molar-refractivity contribution in [1.82, 2.24) is 9.97 Å². The molecule has 3 heterocycles. The quantitative estimate of drug-likeness (QED) is 0.564. The van der Waals surface area contributed by atoms with Crippen LogP contribution in [0.3, 0.4) is 0 Å². The molecular weight excluding hydrogens is 424 g/mol. The standard InChI is InChI=1S/C14H15N3O3.C7H6F2O.CH4O/c1-7-2-3-11(20-7)9-6-10(18)12-8(17-9)4-5-16-13(12)14(15)19;1-10-6-4-2-3-5(8)7(6)9;1-2/h4-7,11H,2-3H2,1H3,(H2,15,19)(H,17,18);2-4H,1H3;2H,1H3. The van der Waals surface area contributed by atoms with Gasteiger partial charge in [0, 0.05) is 25.1 Å². The molecule has 0 spiro atoms. The molecule has 2 atom stereocenters. The van der Waals surface area contributed by atoms with Crippen molar-refractivity contribution in [2.45, 2.75) is 32.0 Å². The fourth-order valence-corrected chi connectivity index (χ4v) is 3.25. The largest absolute Gasteiger partial charge is 0.494 e. The Morgan fingerprint density at radius 3 is 2.56 bits per heavy atom. The van der Waals surface area contributed by atoms with Gasteiger partial charge in [0.25, 0.3) is 5.91 Å². The number of aliphatic hydroxyl groups is 1. The van der Waals surface area contributed by atoms with Crippen molar-refractivity contribution >= 4 is 16.8 Å². The van der Waals surface area contributed by atoms with Gasteiger partial charge < -0.3 is 25.3 Å². The second-order valence-electron chi connectivity index (χ2n) is 6.80. The monoisotopic (exact) mass is 449 g/mol. The number of primary amides is 1. The van der Waals surface area contributed by atoms with Gasteiger partial charge >= 0.3 is 0 Å². The average molecular weight is 449 g/mol. The first-order chi connectivity index (χ1) is 15.3. The number of aromatic nitrogens is 2. The summed E-state index contributed by atoms with van der Waals surface area (Å²) in [6, 6.07) is 6.91. The number of amides is 1. The number of methoxy groups -OCH3 is 1. The first-order valence-corrected chi connectivity index (χ1v) is 9.71. The third kappa shape index (κ3) is 5.65. The molecule has 2 aromatic heterocycles. The topological polar surface area (TPSA) is 128 Å². The minimum atomic E-state index is -0.940. The van der Waals surface area contributed by atoms with Gasteiger partial charge in [-0.25, -0.2) is 4.39 Å². The van der Waals surface area contributed by atoms with E-state index in [-0.39, 0.29) is 34.5 Å². The lowest BCUT2D eigenvalue weighted by atomic mass is 10.1. The molecule has 0 saturated carbocycles. The van der Waals surface area contributed by atoms with Gasteiger partial charge in [-0.1, -0.05) is 6.07 Å². The molecule has 1 aliphatic rings. The Morgan fingerprint density at radius 1 is 1.28 bits per heavy atom. The number of aromatic amines is 1. The second kappa shape index (κ2) is 11.3. The number of H-pyrrole nitrogens is 1. The lowest BCUT2D eigenvalue weighted by molar-refractivity contribution is 0.0532. The maximum Gasteiger partial charge on any atom is 0.268 e. The number of aliphatic hydroxyl groups excluding tert-OH is 1. The van der Waals surface area contributed by atoms with E-state index in [2.05, 4.69) is 14.7 Å². The van der Waals surface area contributed by atoms with Gasteiger partial charge in [-0.05, 0) is 38.0 Å². The number of pyridine rings is 2. The number of rotatable bonds is 3. The summed E-state index contributed by atoms with van der Waals surface area (Å²) in [5.41, 5.74) is 6.26. The molecule has 2 unspecified atom stereocenters. The van der Waals surface area contributed by atoms with Crippen LogP contribution in [0.4, 0.5) is 8.78 Å². The predicted octanol–water partition coefficient (Wildman–Crippen LogP) is 2.84. The Balaban J connectivity index is 0.000000255. The highest BCUT2D eigenvalue weighted by molar-refractivity contribution is 6.03. The number of hydrogen-bond acceptors (Lipinski definition) is 6. The molecule has 8 nitrogen and oxygen atoms in total. The first-order valence-electron chi connectivity index (χ1n) is 9.71. The summed E-state index contributed by atoms with van der Waals surface area (Å²) < 4.78 is 35.1. The van der Waals surface area contributed by atoms with Crippen molar-refractivity contribution in [2.75, 3.05) is 14.2 Å². The first kappa shape index (κ1) is 24.9. The molecule has 1 amide bonds. The molecule has 172 valence electrons. The van der Waals surface area contributed by atoms with E-state index in [4.69, 9.17) is 15.6 Å². The number of halogens is 2. The highest BCUT2D eigenvalue weighted by Crippen LogP contribution is 2.31. The molecule has 1 aliphatic heterocycles. The summed E-state index contributed by atoms with van der Waals surface area (Å²) in [7, 11) is 2.29. The summed E-state index contributed by atoms with van der Waals surface area (Å²) in [4.78, 5) is 30.6. The van der Waals surface area contributed by atoms with Crippen molar-refractivity contribution in [1.29, 1.82) is 0 Å². The van der Waals surface area contributed by atoms with Crippen LogP contribution >= 0.6 is 0 Å². The van der Waals surface area contributed by atoms with Crippen LogP contribution in [0.5, 0.6) is 5.75 Å². The summed E-state index contributed by atoms with van der Waals surface area (Å²) >= 11 is 0. The average Bonchev–Trinajstić information content (AvgIpc) is 3.23. The Labute approximate surface area is 183 Å².